The second-order valence-corrected chi connectivity index (χ2v) is 8.08. The van der Waals surface area contributed by atoms with Gasteiger partial charge in [-0.25, -0.2) is 23.1 Å². The van der Waals surface area contributed by atoms with Crippen LogP contribution in [-0.4, -0.2) is 43.5 Å². The molecular formula is C17H21ClN4O6S. The largest absolute Gasteiger partial charge is 0.478 e. The Morgan fingerprint density at radius 3 is 2.38 bits per heavy atom. The van der Waals surface area contributed by atoms with E-state index in [1.165, 1.54) is 12.3 Å². The number of likely N-dealkylation sites (tertiary alicyclic amines) is 1. The SMILES string of the molecule is NC(=O)N1CCCC1.NS(=O)(=O)c1cc(C(=O)O)c(NCc2ccco2)cc1Cl. The van der Waals surface area contributed by atoms with E-state index >= 15 is 0 Å². The van der Waals surface area contributed by atoms with E-state index < -0.39 is 20.9 Å². The number of anilines is 1. The first-order valence-corrected chi connectivity index (χ1v) is 10.4. The Morgan fingerprint density at radius 2 is 1.93 bits per heavy atom. The second-order valence-electron chi connectivity index (χ2n) is 6.14. The number of hydrogen-bond acceptors (Lipinski definition) is 6. The van der Waals surface area contributed by atoms with Crippen molar-refractivity contribution in [3.05, 3.63) is 46.9 Å². The molecule has 2 amide bonds. The lowest BCUT2D eigenvalue weighted by molar-refractivity contribution is 0.0697. The summed E-state index contributed by atoms with van der Waals surface area (Å²) in [6.07, 6.45) is 3.71. The molecule has 0 atom stereocenters. The molecule has 1 fully saturated rings. The molecule has 1 aromatic carbocycles. The summed E-state index contributed by atoms with van der Waals surface area (Å²) in [5.74, 6) is -0.725. The number of amides is 2. The van der Waals surface area contributed by atoms with Gasteiger partial charge in [0, 0.05) is 13.1 Å². The molecule has 1 aromatic heterocycles. The average molecular weight is 445 g/mol. The number of nitrogens with one attached hydrogen (secondary N) is 1. The summed E-state index contributed by atoms with van der Waals surface area (Å²) in [5.41, 5.74) is 4.89. The third-order valence-corrected chi connectivity index (χ3v) is 5.44. The molecule has 2 aromatic rings. The Balaban J connectivity index is 0.000000313. The fraction of sp³-hybridized carbons (Fsp3) is 0.294. The van der Waals surface area contributed by atoms with Crippen LogP contribution in [0, 0.1) is 0 Å². The number of carboxylic acid groups (broad SMARTS) is 1. The fourth-order valence-corrected chi connectivity index (χ4v) is 3.73. The van der Waals surface area contributed by atoms with Gasteiger partial charge in [0.05, 0.1) is 29.1 Å². The highest BCUT2D eigenvalue weighted by Gasteiger charge is 2.20. The molecule has 0 unspecified atom stereocenters. The normalized spacial score (nSPS) is 13.5. The lowest BCUT2D eigenvalue weighted by Gasteiger charge is -2.11. The van der Waals surface area contributed by atoms with Crippen molar-refractivity contribution in [3.63, 3.8) is 0 Å². The van der Waals surface area contributed by atoms with Crippen LogP contribution in [0.2, 0.25) is 5.02 Å². The van der Waals surface area contributed by atoms with Gasteiger partial charge in [-0.3, -0.25) is 0 Å². The van der Waals surface area contributed by atoms with Crippen LogP contribution in [0.25, 0.3) is 0 Å². The van der Waals surface area contributed by atoms with Crippen LogP contribution in [-0.2, 0) is 16.6 Å². The van der Waals surface area contributed by atoms with Crippen molar-refractivity contribution in [2.45, 2.75) is 24.3 Å². The van der Waals surface area contributed by atoms with Crippen molar-refractivity contribution in [1.82, 2.24) is 4.90 Å². The number of nitrogens with zero attached hydrogens (tertiary/aromatic N) is 1. The number of aromatic carboxylic acids is 1. The van der Waals surface area contributed by atoms with Gasteiger partial charge in [0.15, 0.2) is 0 Å². The Labute approximate surface area is 172 Å². The minimum atomic E-state index is -4.11. The number of carbonyl (C=O) groups is 2. The average Bonchev–Trinajstić information content (AvgIpc) is 3.33. The van der Waals surface area contributed by atoms with Crippen molar-refractivity contribution in [3.8, 4) is 0 Å². The van der Waals surface area contributed by atoms with Crippen molar-refractivity contribution < 1.29 is 27.5 Å². The quantitative estimate of drug-likeness (QED) is 0.546. The number of furan rings is 1. The third kappa shape index (κ3) is 6.38. The van der Waals surface area contributed by atoms with E-state index in [9.17, 15) is 18.0 Å². The Morgan fingerprint density at radius 1 is 1.28 bits per heavy atom. The molecule has 10 nitrogen and oxygen atoms in total. The van der Waals surface area contributed by atoms with Gasteiger partial charge < -0.3 is 25.5 Å². The molecule has 0 bridgehead atoms. The number of carboxylic acids is 1. The standard InChI is InChI=1S/C12H11ClN2O5S.C5H10N2O/c13-9-5-10(15-6-7-2-1-3-20-7)8(12(16)17)4-11(9)21(14,18)19;6-5(8)7-3-1-2-4-7/h1-5,15H,6H2,(H,16,17)(H2,14,18,19);1-4H2,(H2,6,8). The number of benzene rings is 1. The van der Waals surface area contributed by atoms with Gasteiger partial charge >= 0.3 is 12.0 Å². The molecule has 2 heterocycles. The Hall–Kier alpha value is -2.76. The van der Waals surface area contributed by atoms with Gasteiger partial charge in [-0.2, -0.15) is 0 Å². The van der Waals surface area contributed by atoms with E-state index in [2.05, 4.69) is 5.32 Å². The van der Waals surface area contributed by atoms with E-state index in [1.807, 2.05) is 0 Å². The lowest BCUT2D eigenvalue weighted by Crippen LogP contribution is -2.32. The number of nitrogens with two attached hydrogens (primary N) is 2. The third-order valence-electron chi connectivity index (χ3n) is 4.06. The Kier molecular flexibility index (Phi) is 7.48. The number of sulfonamides is 1. The molecule has 1 aliphatic heterocycles. The highest BCUT2D eigenvalue weighted by Crippen LogP contribution is 2.28. The molecular weight excluding hydrogens is 424 g/mol. The maximum Gasteiger partial charge on any atom is 0.337 e. The van der Waals surface area contributed by atoms with Gasteiger partial charge in [0.2, 0.25) is 10.0 Å². The first kappa shape index (κ1) is 22.5. The van der Waals surface area contributed by atoms with Crippen molar-refractivity contribution >= 4 is 39.3 Å². The molecule has 29 heavy (non-hydrogen) atoms. The van der Waals surface area contributed by atoms with Crippen LogP contribution in [0.5, 0.6) is 0 Å². The summed E-state index contributed by atoms with van der Waals surface area (Å²) < 4.78 is 27.8. The molecule has 1 aliphatic rings. The van der Waals surface area contributed by atoms with Gasteiger partial charge in [-0.15, -0.1) is 0 Å². The summed E-state index contributed by atoms with van der Waals surface area (Å²) in [4.78, 5) is 22.8. The van der Waals surface area contributed by atoms with Gasteiger partial charge in [0.1, 0.15) is 10.7 Å². The van der Waals surface area contributed by atoms with E-state index in [4.69, 9.17) is 32.0 Å². The second kappa shape index (κ2) is 9.63. The maximum absolute atomic E-state index is 11.3. The van der Waals surface area contributed by atoms with Crippen LogP contribution < -0.4 is 16.2 Å². The Bertz CT molecular complexity index is 972. The van der Waals surface area contributed by atoms with Crippen LogP contribution >= 0.6 is 11.6 Å². The molecule has 3 rings (SSSR count). The lowest BCUT2D eigenvalue weighted by atomic mass is 10.1. The molecule has 1 saturated heterocycles. The smallest absolute Gasteiger partial charge is 0.337 e. The van der Waals surface area contributed by atoms with Crippen LogP contribution in [0.1, 0.15) is 29.0 Å². The molecule has 158 valence electrons. The maximum atomic E-state index is 11.3. The number of carbonyl (C=O) groups excluding carboxylic acids is 1. The van der Waals surface area contributed by atoms with Crippen LogP contribution in [0.4, 0.5) is 10.5 Å². The molecule has 0 radical (unpaired) electrons. The van der Waals surface area contributed by atoms with Gasteiger partial charge in [0.25, 0.3) is 0 Å². The minimum Gasteiger partial charge on any atom is -0.478 e. The van der Waals surface area contributed by atoms with Gasteiger partial charge in [-0.1, -0.05) is 11.6 Å². The predicted molar refractivity (Wildman–Crippen MR) is 106 cm³/mol. The van der Waals surface area contributed by atoms with Gasteiger partial charge in [-0.05, 0) is 37.1 Å². The van der Waals surface area contributed by atoms with Crippen molar-refractivity contribution in [2.75, 3.05) is 18.4 Å². The van der Waals surface area contributed by atoms with E-state index in [1.54, 1.807) is 17.0 Å². The number of primary amides is 1. The first-order valence-electron chi connectivity index (χ1n) is 8.50. The highest BCUT2D eigenvalue weighted by molar-refractivity contribution is 7.89. The van der Waals surface area contributed by atoms with Crippen molar-refractivity contribution in [2.24, 2.45) is 10.9 Å². The number of primary sulfonamides is 1. The number of halogens is 1. The minimum absolute atomic E-state index is 0.163. The summed E-state index contributed by atoms with van der Waals surface area (Å²) in [6.45, 7) is 1.93. The molecule has 12 heteroatoms. The van der Waals surface area contributed by atoms with E-state index in [0.717, 1.165) is 32.0 Å². The van der Waals surface area contributed by atoms with Crippen molar-refractivity contribution in [1.29, 1.82) is 0 Å². The summed E-state index contributed by atoms with van der Waals surface area (Å²) in [5, 5.41) is 16.8. The highest BCUT2D eigenvalue weighted by atomic mass is 35.5. The number of hydrogen-bond donors (Lipinski definition) is 4. The molecule has 6 N–H and O–H groups in total. The van der Waals surface area contributed by atoms with E-state index in [-0.39, 0.29) is 28.8 Å². The molecule has 0 spiro atoms. The van der Waals surface area contributed by atoms with E-state index in [0.29, 0.717) is 5.76 Å². The topological polar surface area (TPSA) is 169 Å². The van der Waals surface area contributed by atoms with Crippen LogP contribution in [0.3, 0.4) is 0 Å². The molecule has 0 aliphatic carbocycles. The zero-order valence-corrected chi connectivity index (χ0v) is 16.9. The summed E-state index contributed by atoms with van der Waals surface area (Å²) in [6, 6.07) is 5.24. The monoisotopic (exact) mass is 444 g/mol. The fourth-order valence-electron chi connectivity index (χ4n) is 2.63. The molecule has 0 saturated carbocycles. The summed E-state index contributed by atoms with van der Waals surface area (Å²) in [7, 11) is -4.11. The predicted octanol–water partition coefficient (Wildman–Crippen LogP) is 2.05. The first-order chi connectivity index (χ1) is 13.6. The number of urea groups is 1. The number of rotatable bonds is 5. The zero-order chi connectivity index (χ0) is 21.6. The zero-order valence-electron chi connectivity index (χ0n) is 15.3. The summed E-state index contributed by atoms with van der Waals surface area (Å²) >= 11 is 5.84. The van der Waals surface area contributed by atoms with Crippen LogP contribution in [0.15, 0.2) is 39.8 Å².